The molecule has 0 spiro atoms. The number of aryl methyl sites for hydroxylation is 1. The van der Waals surface area contributed by atoms with Crippen LogP contribution in [0.2, 0.25) is 0 Å². The monoisotopic (exact) mass is 334 g/mol. The molecule has 0 atom stereocenters. The third-order valence-corrected chi connectivity index (χ3v) is 3.90. The fourth-order valence-corrected chi connectivity index (χ4v) is 2.59. The molecular weight excluding hydrogens is 319 g/mol. The van der Waals surface area contributed by atoms with Crippen molar-refractivity contribution >= 4 is 21.7 Å². The summed E-state index contributed by atoms with van der Waals surface area (Å²) < 4.78 is 13.6. The van der Waals surface area contributed by atoms with Crippen molar-refractivity contribution in [2.75, 3.05) is 0 Å². The van der Waals surface area contributed by atoms with Gasteiger partial charge in [-0.1, -0.05) is 52.3 Å². The lowest BCUT2D eigenvalue weighted by atomic mass is 10.0. The Bertz CT molecular complexity index is 581. The van der Waals surface area contributed by atoms with Crippen LogP contribution in [0.15, 0.2) is 53.0 Å². The van der Waals surface area contributed by atoms with Gasteiger partial charge in [-0.05, 0) is 36.1 Å². The summed E-state index contributed by atoms with van der Waals surface area (Å²) in [5.41, 5.74) is 2.10. The van der Waals surface area contributed by atoms with Crippen molar-refractivity contribution < 1.29 is 9.18 Å². The number of rotatable bonds is 6. The molecule has 0 heterocycles. The van der Waals surface area contributed by atoms with Gasteiger partial charge in [0.15, 0.2) is 0 Å². The van der Waals surface area contributed by atoms with Crippen molar-refractivity contribution in [2.24, 2.45) is 0 Å². The van der Waals surface area contributed by atoms with Crippen LogP contribution in [0.25, 0.3) is 0 Å². The number of Topliss-reactive ketones (excluding diaryl/α,β-unsaturated/α-hetero) is 1. The predicted octanol–water partition coefficient (Wildman–Crippen LogP) is 4.72. The quantitative estimate of drug-likeness (QED) is 0.746. The van der Waals surface area contributed by atoms with Crippen LogP contribution in [0.1, 0.15) is 24.0 Å². The molecule has 0 aliphatic carbocycles. The number of hydrogen-bond donors (Lipinski definition) is 0. The first-order chi connectivity index (χ1) is 9.65. The SMILES string of the molecule is O=C(CCCc1ccccc1)Cc1ccc(F)cc1Br. The van der Waals surface area contributed by atoms with Gasteiger partial charge in [0, 0.05) is 17.3 Å². The second-order valence-electron chi connectivity index (χ2n) is 4.79. The average Bonchev–Trinajstić information content (AvgIpc) is 2.43. The Balaban J connectivity index is 1.81. The zero-order valence-electron chi connectivity index (χ0n) is 11.1. The second kappa shape index (κ2) is 7.34. The van der Waals surface area contributed by atoms with Crippen molar-refractivity contribution in [1.29, 1.82) is 0 Å². The van der Waals surface area contributed by atoms with Gasteiger partial charge in [0.05, 0.1) is 0 Å². The van der Waals surface area contributed by atoms with Gasteiger partial charge in [-0.3, -0.25) is 4.79 Å². The highest BCUT2D eigenvalue weighted by atomic mass is 79.9. The minimum absolute atomic E-state index is 0.188. The van der Waals surface area contributed by atoms with Crippen LogP contribution in [-0.4, -0.2) is 5.78 Å². The number of halogens is 2. The summed E-state index contributed by atoms with van der Waals surface area (Å²) in [5, 5.41) is 0. The molecule has 0 amide bonds. The molecule has 2 aromatic rings. The molecule has 2 aromatic carbocycles. The van der Waals surface area contributed by atoms with Crippen LogP contribution in [0.5, 0.6) is 0 Å². The number of ketones is 1. The maximum absolute atomic E-state index is 13.0. The largest absolute Gasteiger partial charge is 0.299 e. The Kier molecular flexibility index (Phi) is 5.48. The molecule has 104 valence electrons. The van der Waals surface area contributed by atoms with Crippen molar-refractivity contribution in [1.82, 2.24) is 0 Å². The Morgan fingerprint density at radius 2 is 1.85 bits per heavy atom. The summed E-state index contributed by atoms with van der Waals surface area (Å²) >= 11 is 3.29. The van der Waals surface area contributed by atoms with E-state index in [4.69, 9.17) is 0 Å². The third kappa shape index (κ3) is 4.57. The van der Waals surface area contributed by atoms with Crippen molar-refractivity contribution in [3.8, 4) is 0 Å². The van der Waals surface area contributed by atoms with Crippen LogP contribution in [0, 0.1) is 5.82 Å². The molecule has 0 bridgehead atoms. The van der Waals surface area contributed by atoms with E-state index in [0.717, 1.165) is 18.4 Å². The summed E-state index contributed by atoms with van der Waals surface area (Å²) in [6, 6.07) is 14.6. The minimum atomic E-state index is -0.294. The van der Waals surface area contributed by atoms with E-state index in [0.29, 0.717) is 17.3 Å². The van der Waals surface area contributed by atoms with Gasteiger partial charge in [-0.15, -0.1) is 0 Å². The minimum Gasteiger partial charge on any atom is -0.299 e. The van der Waals surface area contributed by atoms with Gasteiger partial charge >= 0.3 is 0 Å². The zero-order valence-corrected chi connectivity index (χ0v) is 12.7. The molecular formula is C17H16BrFO. The van der Waals surface area contributed by atoms with Crippen LogP contribution >= 0.6 is 15.9 Å². The molecule has 0 saturated carbocycles. The predicted molar refractivity (Wildman–Crippen MR) is 82.2 cm³/mol. The number of carbonyl (C=O) groups excluding carboxylic acids is 1. The maximum Gasteiger partial charge on any atom is 0.137 e. The maximum atomic E-state index is 13.0. The van der Waals surface area contributed by atoms with E-state index in [1.54, 1.807) is 6.07 Å². The summed E-state index contributed by atoms with van der Waals surface area (Å²) in [4.78, 5) is 11.9. The fraction of sp³-hybridized carbons (Fsp3) is 0.235. The highest BCUT2D eigenvalue weighted by Crippen LogP contribution is 2.19. The molecule has 1 nitrogen and oxygen atoms in total. The third-order valence-electron chi connectivity index (χ3n) is 3.17. The Hall–Kier alpha value is -1.48. The first kappa shape index (κ1) is 14.9. The molecule has 0 fully saturated rings. The first-order valence-electron chi connectivity index (χ1n) is 6.65. The van der Waals surface area contributed by atoms with Gasteiger partial charge < -0.3 is 0 Å². The van der Waals surface area contributed by atoms with E-state index in [9.17, 15) is 9.18 Å². The highest BCUT2D eigenvalue weighted by molar-refractivity contribution is 9.10. The molecule has 2 rings (SSSR count). The van der Waals surface area contributed by atoms with Gasteiger partial charge in [-0.2, -0.15) is 0 Å². The molecule has 20 heavy (non-hydrogen) atoms. The summed E-state index contributed by atoms with van der Waals surface area (Å²) in [5.74, 6) is -0.106. The van der Waals surface area contributed by atoms with Crippen molar-refractivity contribution in [3.05, 3.63) is 69.9 Å². The Morgan fingerprint density at radius 1 is 1.10 bits per heavy atom. The summed E-state index contributed by atoms with van der Waals surface area (Å²) in [6.07, 6.45) is 2.67. The smallest absolute Gasteiger partial charge is 0.137 e. The lowest BCUT2D eigenvalue weighted by Gasteiger charge is -2.05. The van der Waals surface area contributed by atoms with E-state index in [1.807, 2.05) is 18.2 Å². The Morgan fingerprint density at radius 3 is 2.55 bits per heavy atom. The van der Waals surface area contributed by atoms with Crippen LogP contribution in [-0.2, 0) is 17.6 Å². The van der Waals surface area contributed by atoms with E-state index in [2.05, 4.69) is 28.1 Å². The van der Waals surface area contributed by atoms with E-state index < -0.39 is 0 Å². The van der Waals surface area contributed by atoms with Crippen molar-refractivity contribution in [2.45, 2.75) is 25.7 Å². The summed E-state index contributed by atoms with van der Waals surface area (Å²) in [6.45, 7) is 0. The van der Waals surface area contributed by atoms with E-state index in [1.165, 1.54) is 17.7 Å². The molecule has 0 N–H and O–H groups in total. The molecule has 0 saturated heterocycles. The Labute approximate surface area is 127 Å². The van der Waals surface area contributed by atoms with Crippen LogP contribution in [0.4, 0.5) is 4.39 Å². The van der Waals surface area contributed by atoms with E-state index in [-0.39, 0.29) is 11.6 Å². The molecule has 0 aliphatic heterocycles. The first-order valence-corrected chi connectivity index (χ1v) is 7.44. The summed E-state index contributed by atoms with van der Waals surface area (Å²) in [7, 11) is 0. The molecule has 0 aliphatic rings. The average molecular weight is 335 g/mol. The molecule has 3 heteroatoms. The standard InChI is InChI=1S/C17H16BrFO/c18-17-12-15(19)10-9-14(17)11-16(20)8-4-7-13-5-2-1-3-6-13/h1-3,5-6,9-10,12H,4,7-8,11H2. The van der Waals surface area contributed by atoms with Gasteiger partial charge in [0.2, 0.25) is 0 Å². The molecule has 0 radical (unpaired) electrons. The van der Waals surface area contributed by atoms with Crippen LogP contribution < -0.4 is 0 Å². The molecule has 0 unspecified atom stereocenters. The number of hydrogen-bond acceptors (Lipinski definition) is 1. The van der Waals surface area contributed by atoms with E-state index >= 15 is 0 Å². The van der Waals surface area contributed by atoms with Gasteiger partial charge in [0.1, 0.15) is 11.6 Å². The number of carbonyl (C=O) groups is 1. The fourth-order valence-electron chi connectivity index (χ4n) is 2.10. The van der Waals surface area contributed by atoms with Gasteiger partial charge in [0.25, 0.3) is 0 Å². The topological polar surface area (TPSA) is 17.1 Å². The highest BCUT2D eigenvalue weighted by Gasteiger charge is 2.08. The van der Waals surface area contributed by atoms with Crippen molar-refractivity contribution in [3.63, 3.8) is 0 Å². The lowest BCUT2D eigenvalue weighted by molar-refractivity contribution is -0.118. The second-order valence-corrected chi connectivity index (χ2v) is 5.64. The normalized spacial score (nSPS) is 10.5. The van der Waals surface area contributed by atoms with Crippen LogP contribution in [0.3, 0.4) is 0 Å². The molecule has 0 aromatic heterocycles. The lowest BCUT2D eigenvalue weighted by Crippen LogP contribution is -2.04. The van der Waals surface area contributed by atoms with Gasteiger partial charge in [-0.25, -0.2) is 4.39 Å². The zero-order chi connectivity index (χ0) is 14.4. The number of benzene rings is 2.